The Kier molecular flexibility index (Phi) is 4.85. The van der Waals surface area contributed by atoms with Crippen LogP contribution in [0.2, 0.25) is 0 Å². The van der Waals surface area contributed by atoms with Crippen molar-refractivity contribution in [3.05, 3.63) is 0 Å². The molecule has 2 unspecified atom stereocenters. The van der Waals surface area contributed by atoms with Gasteiger partial charge in [-0.05, 0) is 76.9 Å². The molecular formula is C17H31N3O. The lowest BCUT2D eigenvalue weighted by atomic mass is 9.80. The second-order valence-electron chi connectivity index (χ2n) is 7.48. The predicted octanol–water partition coefficient (Wildman–Crippen LogP) is 1.69. The Morgan fingerprint density at radius 3 is 2.57 bits per heavy atom. The molecule has 1 amide bonds. The molecule has 0 radical (unpaired) electrons. The van der Waals surface area contributed by atoms with Gasteiger partial charge in [-0.2, -0.15) is 0 Å². The van der Waals surface area contributed by atoms with Gasteiger partial charge < -0.3 is 15.5 Å². The Balaban J connectivity index is 1.54. The molecule has 2 N–H and O–H groups in total. The molecule has 3 fully saturated rings. The molecule has 2 atom stereocenters. The van der Waals surface area contributed by atoms with Crippen molar-refractivity contribution in [2.24, 2.45) is 23.5 Å². The quantitative estimate of drug-likeness (QED) is 0.843. The van der Waals surface area contributed by atoms with Crippen molar-refractivity contribution in [3.63, 3.8) is 0 Å². The normalized spacial score (nSPS) is 38.1. The Morgan fingerprint density at radius 1 is 1.10 bits per heavy atom. The molecule has 3 rings (SSSR count). The second-order valence-corrected chi connectivity index (χ2v) is 7.48. The van der Waals surface area contributed by atoms with E-state index in [1.165, 1.54) is 25.8 Å². The van der Waals surface area contributed by atoms with Crippen LogP contribution in [-0.2, 0) is 4.79 Å². The number of carbonyl (C=O) groups excluding carboxylic acids is 1. The molecule has 0 spiro atoms. The molecule has 2 aliphatic heterocycles. The molecule has 2 saturated heterocycles. The lowest BCUT2D eigenvalue weighted by Gasteiger charge is -2.46. The van der Waals surface area contributed by atoms with E-state index in [0.29, 0.717) is 17.7 Å². The maximum absolute atomic E-state index is 12.8. The lowest BCUT2D eigenvalue weighted by molar-refractivity contribution is -0.140. The molecule has 1 aliphatic carbocycles. The standard InChI is InChI=1S/C17H31N3O/c1-19-9-2-3-15-12-20(10-8-16(15)19)17(21)14-6-4-13(11-18)5-7-14/h13-16H,2-12,18H2,1H3. The van der Waals surface area contributed by atoms with E-state index in [1.807, 2.05) is 0 Å². The largest absolute Gasteiger partial charge is 0.342 e. The van der Waals surface area contributed by atoms with Crippen LogP contribution >= 0.6 is 0 Å². The van der Waals surface area contributed by atoms with Gasteiger partial charge in [0.15, 0.2) is 0 Å². The fourth-order valence-corrected chi connectivity index (χ4v) is 4.76. The van der Waals surface area contributed by atoms with Crippen LogP contribution in [0.25, 0.3) is 0 Å². The Bertz CT molecular complexity index is 365. The van der Waals surface area contributed by atoms with Gasteiger partial charge in [0.2, 0.25) is 5.91 Å². The molecule has 4 nitrogen and oxygen atoms in total. The predicted molar refractivity (Wildman–Crippen MR) is 84.8 cm³/mol. The third kappa shape index (κ3) is 3.26. The lowest BCUT2D eigenvalue weighted by Crippen LogP contribution is -2.55. The highest BCUT2D eigenvalue weighted by Gasteiger charge is 2.37. The number of piperidine rings is 2. The highest BCUT2D eigenvalue weighted by atomic mass is 16.2. The van der Waals surface area contributed by atoms with Crippen molar-refractivity contribution >= 4 is 5.91 Å². The van der Waals surface area contributed by atoms with Crippen molar-refractivity contribution in [2.75, 3.05) is 33.2 Å². The van der Waals surface area contributed by atoms with Crippen molar-refractivity contribution in [3.8, 4) is 0 Å². The first-order valence-corrected chi connectivity index (χ1v) is 8.88. The van der Waals surface area contributed by atoms with Crippen LogP contribution < -0.4 is 5.73 Å². The maximum atomic E-state index is 12.8. The number of hydrogen-bond acceptors (Lipinski definition) is 3. The molecular weight excluding hydrogens is 262 g/mol. The first kappa shape index (κ1) is 15.3. The summed E-state index contributed by atoms with van der Waals surface area (Å²) >= 11 is 0. The summed E-state index contributed by atoms with van der Waals surface area (Å²) in [5.41, 5.74) is 5.75. The topological polar surface area (TPSA) is 49.6 Å². The van der Waals surface area contributed by atoms with Crippen LogP contribution in [0.5, 0.6) is 0 Å². The first-order chi connectivity index (χ1) is 10.2. The van der Waals surface area contributed by atoms with Crippen LogP contribution in [0.3, 0.4) is 0 Å². The minimum atomic E-state index is 0.283. The molecule has 4 heteroatoms. The Labute approximate surface area is 129 Å². The van der Waals surface area contributed by atoms with Crippen LogP contribution in [0, 0.1) is 17.8 Å². The number of fused-ring (bicyclic) bond motifs is 1. The van der Waals surface area contributed by atoms with E-state index in [-0.39, 0.29) is 5.92 Å². The average Bonchev–Trinajstić information content (AvgIpc) is 2.54. The van der Waals surface area contributed by atoms with E-state index in [4.69, 9.17) is 5.73 Å². The molecule has 0 aromatic heterocycles. The van der Waals surface area contributed by atoms with Crippen molar-refractivity contribution in [1.82, 2.24) is 9.80 Å². The van der Waals surface area contributed by atoms with Gasteiger partial charge in [-0.15, -0.1) is 0 Å². The van der Waals surface area contributed by atoms with Crippen LogP contribution in [0.1, 0.15) is 44.9 Å². The monoisotopic (exact) mass is 293 g/mol. The minimum absolute atomic E-state index is 0.283. The van der Waals surface area contributed by atoms with Gasteiger partial charge in [0.1, 0.15) is 0 Å². The number of carbonyl (C=O) groups is 1. The molecule has 0 bridgehead atoms. The third-order valence-electron chi connectivity index (χ3n) is 6.19. The second kappa shape index (κ2) is 6.66. The van der Waals surface area contributed by atoms with Gasteiger partial charge in [0.05, 0.1) is 0 Å². The fraction of sp³-hybridized carbons (Fsp3) is 0.941. The zero-order valence-corrected chi connectivity index (χ0v) is 13.5. The zero-order valence-electron chi connectivity index (χ0n) is 13.5. The molecule has 0 aromatic carbocycles. The summed E-state index contributed by atoms with van der Waals surface area (Å²) in [5.74, 6) is 2.09. The summed E-state index contributed by atoms with van der Waals surface area (Å²) in [5, 5.41) is 0. The number of likely N-dealkylation sites (tertiary alicyclic amines) is 2. The summed E-state index contributed by atoms with van der Waals surface area (Å²) in [4.78, 5) is 17.5. The Hall–Kier alpha value is -0.610. The SMILES string of the molecule is CN1CCCC2CN(C(=O)C3CCC(CN)CC3)CCC21. The van der Waals surface area contributed by atoms with E-state index in [0.717, 1.165) is 51.4 Å². The molecule has 120 valence electrons. The average molecular weight is 293 g/mol. The van der Waals surface area contributed by atoms with Crippen molar-refractivity contribution in [1.29, 1.82) is 0 Å². The number of nitrogens with two attached hydrogens (primary N) is 1. The highest BCUT2D eigenvalue weighted by molar-refractivity contribution is 5.79. The maximum Gasteiger partial charge on any atom is 0.225 e. The van der Waals surface area contributed by atoms with E-state index in [9.17, 15) is 4.79 Å². The molecule has 1 saturated carbocycles. The zero-order chi connectivity index (χ0) is 14.8. The smallest absolute Gasteiger partial charge is 0.225 e. The van der Waals surface area contributed by atoms with Gasteiger partial charge >= 0.3 is 0 Å². The van der Waals surface area contributed by atoms with Crippen LogP contribution in [0.15, 0.2) is 0 Å². The summed E-state index contributed by atoms with van der Waals surface area (Å²) in [6.45, 7) is 4.00. The van der Waals surface area contributed by atoms with Gasteiger partial charge in [0, 0.05) is 25.0 Å². The van der Waals surface area contributed by atoms with E-state index < -0.39 is 0 Å². The van der Waals surface area contributed by atoms with E-state index in [1.54, 1.807) is 0 Å². The van der Waals surface area contributed by atoms with Crippen molar-refractivity contribution in [2.45, 2.75) is 51.0 Å². The summed E-state index contributed by atoms with van der Waals surface area (Å²) in [6, 6.07) is 0.718. The molecule has 0 aromatic rings. The summed E-state index contributed by atoms with van der Waals surface area (Å²) in [7, 11) is 2.25. The Morgan fingerprint density at radius 2 is 1.86 bits per heavy atom. The van der Waals surface area contributed by atoms with Gasteiger partial charge in [-0.3, -0.25) is 4.79 Å². The summed E-state index contributed by atoms with van der Waals surface area (Å²) < 4.78 is 0. The third-order valence-corrected chi connectivity index (χ3v) is 6.19. The number of hydrogen-bond donors (Lipinski definition) is 1. The van der Waals surface area contributed by atoms with E-state index in [2.05, 4.69) is 16.8 Å². The van der Waals surface area contributed by atoms with Gasteiger partial charge in [-0.1, -0.05) is 0 Å². The first-order valence-electron chi connectivity index (χ1n) is 8.88. The molecule has 3 aliphatic rings. The minimum Gasteiger partial charge on any atom is -0.342 e. The van der Waals surface area contributed by atoms with Gasteiger partial charge in [0.25, 0.3) is 0 Å². The fourth-order valence-electron chi connectivity index (χ4n) is 4.76. The van der Waals surface area contributed by atoms with Crippen LogP contribution in [0.4, 0.5) is 0 Å². The number of amides is 1. The summed E-state index contributed by atoms with van der Waals surface area (Å²) in [6.07, 6.45) is 8.19. The number of nitrogens with zero attached hydrogens (tertiary/aromatic N) is 2. The van der Waals surface area contributed by atoms with Crippen LogP contribution in [-0.4, -0.2) is 55.0 Å². The number of rotatable bonds is 2. The van der Waals surface area contributed by atoms with Gasteiger partial charge in [-0.25, -0.2) is 0 Å². The highest BCUT2D eigenvalue weighted by Crippen LogP contribution is 2.33. The molecule has 2 heterocycles. The molecule has 21 heavy (non-hydrogen) atoms. The van der Waals surface area contributed by atoms with E-state index >= 15 is 0 Å². The van der Waals surface area contributed by atoms with Crippen molar-refractivity contribution < 1.29 is 4.79 Å².